The number of hydrogen-bond donors (Lipinski definition) is 0. The molecule has 7 nitrogen and oxygen atoms in total. The van der Waals surface area contributed by atoms with E-state index in [2.05, 4.69) is 71.6 Å². The van der Waals surface area contributed by atoms with E-state index in [4.69, 9.17) is 9.73 Å². The van der Waals surface area contributed by atoms with Crippen LogP contribution in [0.1, 0.15) is 85.4 Å². The van der Waals surface area contributed by atoms with Gasteiger partial charge in [-0.2, -0.15) is 0 Å². The summed E-state index contributed by atoms with van der Waals surface area (Å²) >= 11 is 1.78. The number of likely N-dealkylation sites (tertiary alicyclic amines) is 1. The van der Waals surface area contributed by atoms with Crippen LogP contribution in [-0.2, 0) is 4.74 Å². The van der Waals surface area contributed by atoms with Gasteiger partial charge in [0.05, 0.1) is 5.71 Å². The second-order valence-corrected chi connectivity index (χ2v) is 13.5. The Morgan fingerprint density at radius 1 is 1.10 bits per heavy atom. The number of thiophene rings is 1. The summed E-state index contributed by atoms with van der Waals surface area (Å²) in [6, 6.07) is 8.38. The van der Waals surface area contributed by atoms with Gasteiger partial charge in [0.15, 0.2) is 5.82 Å². The van der Waals surface area contributed by atoms with Crippen molar-refractivity contribution in [1.82, 2.24) is 19.7 Å². The molecule has 39 heavy (non-hydrogen) atoms. The van der Waals surface area contributed by atoms with Gasteiger partial charge in [-0.1, -0.05) is 24.0 Å². The fourth-order valence-electron chi connectivity index (χ4n) is 5.94. The van der Waals surface area contributed by atoms with Crippen molar-refractivity contribution in [2.24, 2.45) is 16.3 Å². The summed E-state index contributed by atoms with van der Waals surface area (Å²) in [5.41, 5.74) is 5.32. The summed E-state index contributed by atoms with van der Waals surface area (Å²) in [7, 11) is 0. The average molecular weight is 542 g/mol. The molecule has 0 bridgehead atoms. The smallest absolute Gasteiger partial charge is 0.410 e. The molecular weight excluding hydrogens is 506 g/mol. The summed E-state index contributed by atoms with van der Waals surface area (Å²) < 4.78 is 7.66. The van der Waals surface area contributed by atoms with E-state index in [1.165, 1.54) is 16.0 Å². The van der Waals surface area contributed by atoms with E-state index in [-0.39, 0.29) is 17.6 Å². The maximum atomic E-state index is 12.2. The van der Waals surface area contributed by atoms with Crippen LogP contribution in [0.3, 0.4) is 0 Å². The molecule has 202 valence electrons. The molecule has 2 aliphatic heterocycles. The number of rotatable bonds is 1. The van der Waals surface area contributed by atoms with Gasteiger partial charge in [0.2, 0.25) is 0 Å². The standard InChI is InChI=1S/C31H35N5O2S/c1-18-20(3)39-28-25(18)26(32-19(2)27-34-33-21(4)36(27)28)24-12-10-22(11-13-24)8-9-23-14-31(15-23)16-35(17-31)29(37)38-30(5,6)7/h10-13,19,23H,14-17H2,1-7H3. The molecule has 1 aliphatic carbocycles. The quantitative estimate of drug-likeness (QED) is 0.346. The topological polar surface area (TPSA) is 72.6 Å². The molecule has 2 fully saturated rings. The summed E-state index contributed by atoms with van der Waals surface area (Å²) in [4.78, 5) is 20.5. The molecule has 0 radical (unpaired) electrons. The number of aliphatic imine (C=N–C) groups is 1. The van der Waals surface area contributed by atoms with Crippen molar-refractivity contribution < 1.29 is 9.53 Å². The molecule has 1 saturated carbocycles. The van der Waals surface area contributed by atoms with Crippen LogP contribution in [0, 0.1) is 43.9 Å². The lowest BCUT2D eigenvalue weighted by Crippen LogP contribution is -2.64. The van der Waals surface area contributed by atoms with Gasteiger partial charge in [-0.3, -0.25) is 9.56 Å². The molecule has 1 saturated heterocycles. The van der Waals surface area contributed by atoms with Gasteiger partial charge < -0.3 is 9.64 Å². The number of ether oxygens (including phenoxy) is 1. The average Bonchev–Trinajstić information content (AvgIpc) is 3.29. The molecule has 1 atom stereocenters. The second-order valence-electron chi connectivity index (χ2n) is 12.3. The molecule has 4 heterocycles. The van der Waals surface area contributed by atoms with Gasteiger partial charge in [0.1, 0.15) is 22.5 Å². The van der Waals surface area contributed by atoms with Crippen LogP contribution >= 0.6 is 11.3 Å². The molecule has 1 amide bonds. The summed E-state index contributed by atoms with van der Waals surface area (Å²) in [5, 5.41) is 9.93. The van der Waals surface area contributed by atoms with Crippen molar-refractivity contribution in [2.75, 3.05) is 13.1 Å². The predicted octanol–water partition coefficient (Wildman–Crippen LogP) is 6.16. The van der Waals surface area contributed by atoms with Crippen LogP contribution in [0.4, 0.5) is 4.79 Å². The number of nitrogens with zero attached hydrogens (tertiary/aromatic N) is 5. The number of carbonyl (C=O) groups is 1. The molecule has 6 rings (SSSR count). The maximum absolute atomic E-state index is 12.2. The summed E-state index contributed by atoms with van der Waals surface area (Å²) in [5.74, 6) is 9.01. The Hall–Kier alpha value is -3.44. The third kappa shape index (κ3) is 4.57. The Morgan fingerprint density at radius 3 is 2.46 bits per heavy atom. The lowest BCUT2D eigenvalue weighted by atomic mass is 9.58. The first-order valence-electron chi connectivity index (χ1n) is 13.6. The Labute approximate surface area is 234 Å². The Balaban J connectivity index is 1.15. The van der Waals surface area contributed by atoms with Crippen LogP contribution in [-0.4, -0.2) is 50.2 Å². The minimum atomic E-state index is -0.451. The highest BCUT2D eigenvalue weighted by atomic mass is 32.1. The van der Waals surface area contributed by atoms with E-state index in [0.29, 0.717) is 5.92 Å². The lowest BCUT2D eigenvalue weighted by Gasteiger charge is -2.57. The molecule has 1 spiro atoms. The number of aromatic nitrogens is 3. The fraction of sp³-hybridized carbons (Fsp3) is 0.484. The van der Waals surface area contributed by atoms with Crippen molar-refractivity contribution in [3.05, 3.63) is 63.0 Å². The van der Waals surface area contributed by atoms with E-state index < -0.39 is 5.60 Å². The number of aryl methyl sites for hydroxylation is 2. The highest BCUT2D eigenvalue weighted by Gasteiger charge is 2.54. The summed E-state index contributed by atoms with van der Waals surface area (Å²) in [6.45, 7) is 15.7. The molecular formula is C31H35N5O2S. The Bertz CT molecular complexity index is 1550. The van der Waals surface area contributed by atoms with E-state index in [0.717, 1.165) is 59.4 Å². The van der Waals surface area contributed by atoms with Crippen molar-refractivity contribution in [3.63, 3.8) is 0 Å². The molecule has 2 aromatic heterocycles. The van der Waals surface area contributed by atoms with Gasteiger partial charge in [-0.05, 0) is 79.0 Å². The van der Waals surface area contributed by atoms with Crippen LogP contribution < -0.4 is 0 Å². The first-order chi connectivity index (χ1) is 18.4. The third-order valence-electron chi connectivity index (χ3n) is 7.99. The zero-order valence-corrected chi connectivity index (χ0v) is 24.6. The molecule has 3 aromatic rings. The maximum Gasteiger partial charge on any atom is 0.410 e. The van der Waals surface area contributed by atoms with Crippen molar-refractivity contribution in [2.45, 2.75) is 73.0 Å². The van der Waals surface area contributed by atoms with Gasteiger partial charge >= 0.3 is 6.09 Å². The molecule has 1 aromatic carbocycles. The first kappa shape index (κ1) is 25.8. The van der Waals surface area contributed by atoms with Crippen molar-refractivity contribution >= 4 is 23.1 Å². The predicted molar refractivity (Wildman–Crippen MR) is 154 cm³/mol. The highest BCUT2D eigenvalue weighted by Crippen LogP contribution is 2.52. The largest absolute Gasteiger partial charge is 0.444 e. The third-order valence-corrected chi connectivity index (χ3v) is 9.19. The molecule has 0 N–H and O–H groups in total. The summed E-state index contributed by atoms with van der Waals surface area (Å²) in [6.07, 6.45) is 1.90. The lowest BCUT2D eigenvalue weighted by molar-refractivity contribution is -0.0832. The molecule has 3 aliphatic rings. The highest BCUT2D eigenvalue weighted by molar-refractivity contribution is 7.15. The number of carbonyl (C=O) groups excluding carboxylic acids is 1. The van der Waals surface area contributed by atoms with Crippen LogP contribution in [0.25, 0.3) is 5.00 Å². The monoisotopic (exact) mass is 541 g/mol. The normalized spacial score (nSPS) is 19.6. The van der Waals surface area contributed by atoms with E-state index in [1.807, 2.05) is 32.6 Å². The van der Waals surface area contributed by atoms with Crippen molar-refractivity contribution in [3.8, 4) is 16.8 Å². The molecule has 1 unspecified atom stereocenters. The Morgan fingerprint density at radius 2 is 1.79 bits per heavy atom. The molecule has 8 heteroatoms. The zero-order chi connectivity index (χ0) is 27.7. The number of benzene rings is 1. The van der Waals surface area contributed by atoms with E-state index >= 15 is 0 Å². The van der Waals surface area contributed by atoms with Crippen LogP contribution in [0.2, 0.25) is 0 Å². The fourth-order valence-corrected chi connectivity index (χ4v) is 7.16. The van der Waals surface area contributed by atoms with Gasteiger partial charge in [-0.15, -0.1) is 21.5 Å². The first-order valence-corrected chi connectivity index (χ1v) is 14.4. The van der Waals surface area contributed by atoms with Crippen molar-refractivity contribution in [1.29, 1.82) is 0 Å². The van der Waals surface area contributed by atoms with Gasteiger partial charge in [0, 0.05) is 46.0 Å². The van der Waals surface area contributed by atoms with E-state index in [9.17, 15) is 4.79 Å². The number of amides is 1. The van der Waals surface area contributed by atoms with Crippen LogP contribution in [0.15, 0.2) is 29.3 Å². The number of hydrogen-bond acceptors (Lipinski definition) is 6. The van der Waals surface area contributed by atoms with E-state index in [1.54, 1.807) is 11.3 Å². The van der Waals surface area contributed by atoms with Gasteiger partial charge in [0.25, 0.3) is 0 Å². The van der Waals surface area contributed by atoms with Crippen LogP contribution in [0.5, 0.6) is 0 Å². The number of fused-ring (bicyclic) bond motifs is 3. The minimum Gasteiger partial charge on any atom is -0.444 e. The van der Waals surface area contributed by atoms with Gasteiger partial charge in [-0.25, -0.2) is 4.79 Å². The Kier molecular flexibility index (Phi) is 5.99. The minimum absolute atomic E-state index is 0.0938. The SMILES string of the molecule is Cc1sc2c(c1C)C(c1ccc(C#CC3CC4(C3)CN(C(=O)OC(C)(C)C)C4)cc1)=NC(C)c1nnc(C)n1-2. The zero-order valence-electron chi connectivity index (χ0n) is 23.8. The second kappa shape index (κ2) is 9.06.